The zero-order valence-corrected chi connectivity index (χ0v) is 13.3. The quantitative estimate of drug-likeness (QED) is 0.365. The predicted octanol–water partition coefficient (Wildman–Crippen LogP) is 0.570. The van der Waals surface area contributed by atoms with Crippen LogP contribution in [0.2, 0.25) is 0 Å². The summed E-state index contributed by atoms with van der Waals surface area (Å²) in [5.41, 5.74) is 7.95. The molecule has 0 aliphatic rings. The van der Waals surface area contributed by atoms with Crippen molar-refractivity contribution in [1.29, 1.82) is 0 Å². The fourth-order valence-corrected chi connectivity index (χ4v) is 1.96. The average molecular weight is 315 g/mol. The highest BCUT2D eigenvalue weighted by atomic mass is 16.7. The lowest BCUT2D eigenvalue weighted by molar-refractivity contribution is -0.721. The fraction of sp³-hybridized carbons (Fsp3) is 0.176. The first-order valence-corrected chi connectivity index (χ1v) is 6.93. The summed E-state index contributed by atoms with van der Waals surface area (Å²) < 4.78 is 10.2. The maximum Gasteiger partial charge on any atom is 0.388 e. The molecule has 2 aromatic rings. The summed E-state index contributed by atoms with van der Waals surface area (Å²) in [6.45, 7) is 1.95. The van der Waals surface area contributed by atoms with E-state index < -0.39 is 5.97 Å². The molecule has 0 unspecified atom stereocenters. The minimum Gasteiger partial charge on any atom is -0.497 e. The van der Waals surface area contributed by atoms with Crippen molar-refractivity contribution in [3.05, 3.63) is 59.2 Å². The van der Waals surface area contributed by atoms with Gasteiger partial charge in [-0.15, -0.1) is 0 Å². The number of carbonyl (C=O) groups is 1. The van der Waals surface area contributed by atoms with Gasteiger partial charge in [-0.2, -0.15) is 0 Å². The third kappa shape index (κ3) is 4.23. The second-order valence-corrected chi connectivity index (χ2v) is 4.88. The van der Waals surface area contributed by atoms with Crippen molar-refractivity contribution < 1.29 is 24.3 Å². The Hall–Kier alpha value is -3.02. The molecule has 0 bridgehead atoms. The van der Waals surface area contributed by atoms with E-state index in [2.05, 4.69) is 5.16 Å². The molecule has 0 heterocycles. The molecule has 0 aliphatic heterocycles. The van der Waals surface area contributed by atoms with E-state index in [1.165, 1.54) is 14.2 Å². The van der Waals surface area contributed by atoms with Crippen molar-refractivity contribution in [2.24, 2.45) is 5.73 Å². The number of rotatable bonds is 5. The van der Waals surface area contributed by atoms with Gasteiger partial charge in [-0.3, -0.25) is 10.6 Å². The van der Waals surface area contributed by atoms with Gasteiger partial charge in [0.15, 0.2) is 0 Å². The van der Waals surface area contributed by atoms with Crippen molar-refractivity contribution in [3.8, 4) is 11.5 Å². The normalized spacial score (nSPS) is 11.0. The minimum absolute atomic E-state index is 0.247. The summed E-state index contributed by atoms with van der Waals surface area (Å²) >= 11 is 0. The van der Waals surface area contributed by atoms with E-state index in [1.807, 2.05) is 31.2 Å². The van der Waals surface area contributed by atoms with Gasteiger partial charge in [-0.25, -0.2) is 4.79 Å². The van der Waals surface area contributed by atoms with E-state index >= 15 is 0 Å². The second kappa shape index (κ2) is 7.31. The minimum atomic E-state index is -0.599. The number of aryl methyl sites for hydroxylation is 1. The summed E-state index contributed by atoms with van der Waals surface area (Å²) in [4.78, 5) is 17.1. The molecule has 120 valence electrons. The van der Waals surface area contributed by atoms with E-state index in [9.17, 15) is 4.79 Å². The third-order valence-corrected chi connectivity index (χ3v) is 3.17. The Kier molecular flexibility index (Phi) is 5.19. The highest BCUT2D eigenvalue weighted by Gasteiger charge is 2.14. The Morgan fingerprint density at radius 1 is 1.00 bits per heavy atom. The van der Waals surface area contributed by atoms with Gasteiger partial charge in [0.2, 0.25) is 0 Å². The molecule has 2 aromatic carbocycles. The monoisotopic (exact) mass is 315 g/mol. The summed E-state index contributed by atoms with van der Waals surface area (Å²) in [6, 6.07) is 12.3. The molecule has 0 amide bonds. The van der Waals surface area contributed by atoms with Crippen LogP contribution in [0.1, 0.15) is 21.5 Å². The van der Waals surface area contributed by atoms with Gasteiger partial charge in [0.05, 0.1) is 25.3 Å². The second-order valence-electron chi connectivity index (χ2n) is 4.88. The Morgan fingerprint density at radius 3 is 2.22 bits per heavy atom. The first kappa shape index (κ1) is 16.4. The van der Waals surface area contributed by atoms with E-state index in [0.29, 0.717) is 11.5 Å². The number of benzene rings is 2. The highest BCUT2D eigenvalue weighted by Crippen LogP contribution is 2.22. The molecule has 2 rings (SSSR count). The number of amidine groups is 1. The van der Waals surface area contributed by atoms with Gasteiger partial charge in [-0.05, 0) is 31.2 Å². The van der Waals surface area contributed by atoms with Crippen LogP contribution in [0.4, 0.5) is 0 Å². The first-order chi connectivity index (χ1) is 11.0. The molecular weight excluding hydrogens is 296 g/mol. The fourth-order valence-electron chi connectivity index (χ4n) is 1.96. The molecule has 6 nitrogen and oxygen atoms in total. The van der Waals surface area contributed by atoms with Crippen LogP contribution < -0.4 is 20.4 Å². The van der Waals surface area contributed by atoms with Gasteiger partial charge >= 0.3 is 11.8 Å². The predicted molar refractivity (Wildman–Crippen MR) is 85.4 cm³/mol. The smallest absolute Gasteiger partial charge is 0.388 e. The summed E-state index contributed by atoms with van der Waals surface area (Å²) in [5, 5.41) is 2.46. The van der Waals surface area contributed by atoms with Crippen LogP contribution in [0.25, 0.3) is 0 Å². The first-order valence-electron chi connectivity index (χ1n) is 6.93. The zero-order valence-electron chi connectivity index (χ0n) is 13.3. The Labute approximate surface area is 134 Å². The van der Waals surface area contributed by atoms with Crippen LogP contribution in [-0.2, 0) is 4.84 Å². The molecule has 6 heteroatoms. The van der Waals surface area contributed by atoms with Crippen LogP contribution in [0, 0.1) is 6.92 Å². The van der Waals surface area contributed by atoms with Crippen molar-refractivity contribution in [2.45, 2.75) is 6.92 Å². The number of carbonyl (C=O) groups excluding carboxylic acids is 1. The molecule has 0 saturated carbocycles. The Bertz CT molecular complexity index is 719. The molecule has 0 atom stereocenters. The van der Waals surface area contributed by atoms with E-state index in [-0.39, 0.29) is 11.4 Å². The molecule has 0 radical (unpaired) electrons. The van der Waals surface area contributed by atoms with Crippen LogP contribution in [0.3, 0.4) is 0 Å². The Balaban J connectivity index is 2.17. The van der Waals surface area contributed by atoms with Gasteiger partial charge in [0, 0.05) is 6.07 Å². The SMILES string of the molecule is COc1cc(OC)cc(C(=O)O[NH+]=C(N)c2cccc(C)c2)c1. The maximum absolute atomic E-state index is 12.1. The highest BCUT2D eigenvalue weighted by molar-refractivity contribution is 5.93. The number of nitrogens with one attached hydrogen (secondary N) is 1. The zero-order chi connectivity index (χ0) is 16.8. The molecule has 0 aliphatic carbocycles. The topological polar surface area (TPSA) is 84.8 Å². The van der Waals surface area contributed by atoms with E-state index in [0.717, 1.165) is 11.1 Å². The number of ether oxygens (including phenoxy) is 2. The van der Waals surface area contributed by atoms with Crippen LogP contribution >= 0.6 is 0 Å². The van der Waals surface area contributed by atoms with E-state index in [4.69, 9.17) is 20.0 Å². The van der Waals surface area contributed by atoms with Crippen molar-refractivity contribution >= 4 is 11.8 Å². The summed E-state index contributed by atoms with van der Waals surface area (Å²) in [5.74, 6) is 0.633. The van der Waals surface area contributed by atoms with Gasteiger partial charge < -0.3 is 9.47 Å². The van der Waals surface area contributed by atoms with Gasteiger partial charge in [-0.1, -0.05) is 22.9 Å². The lowest BCUT2D eigenvalue weighted by Crippen LogP contribution is -2.75. The summed E-state index contributed by atoms with van der Waals surface area (Å²) in [6.07, 6.45) is 0. The maximum atomic E-state index is 12.1. The molecule has 0 aromatic heterocycles. The lowest BCUT2D eigenvalue weighted by Gasteiger charge is -2.06. The lowest BCUT2D eigenvalue weighted by atomic mass is 10.1. The van der Waals surface area contributed by atoms with Crippen LogP contribution in [0.5, 0.6) is 11.5 Å². The molecule has 0 spiro atoms. The number of nitrogen functional groups attached to an aromatic ring is 1. The number of methoxy groups -OCH3 is 2. The van der Waals surface area contributed by atoms with E-state index in [1.54, 1.807) is 18.2 Å². The van der Waals surface area contributed by atoms with Crippen molar-refractivity contribution in [1.82, 2.24) is 0 Å². The number of hydrogen-bond donors (Lipinski definition) is 2. The van der Waals surface area contributed by atoms with Gasteiger partial charge in [0.1, 0.15) is 11.5 Å². The van der Waals surface area contributed by atoms with Crippen molar-refractivity contribution in [3.63, 3.8) is 0 Å². The largest absolute Gasteiger partial charge is 0.497 e. The van der Waals surface area contributed by atoms with Gasteiger partial charge in [0.25, 0.3) is 0 Å². The van der Waals surface area contributed by atoms with Crippen LogP contribution in [0.15, 0.2) is 42.5 Å². The molecule has 0 saturated heterocycles. The van der Waals surface area contributed by atoms with Crippen molar-refractivity contribution in [2.75, 3.05) is 14.2 Å². The Morgan fingerprint density at radius 2 is 1.65 bits per heavy atom. The number of hydrogen-bond acceptors (Lipinski definition) is 4. The van der Waals surface area contributed by atoms with Crippen LogP contribution in [-0.4, -0.2) is 26.0 Å². The molecule has 3 N–H and O–H groups in total. The third-order valence-electron chi connectivity index (χ3n) is 3.17. The molecule has 0 fully saturated rings. The summed E-state index contributed by atoms with van der Waals surface area (Å²) in [7, 11) is 3.01. The molecular formula is C17H19N2O4+. The molecule has 23 heavy (non-hydrogen) atoms. The average Bonchev–Trinajstić information content (AvgIpc) is 2.58. The standard InChI is InChI=1S/C17H18N2O4/c1-11-5-4-6-12(7-11)16(18)19-23-17(20)13-8-14(21-2)10-15(9-13)22-3/h4-10H,1-3H3,(H2,18,19)/p+1. The number of nitrogens with two attached hydrogens (primary N) is 1.